The standard InChI is InChI=1S/C28H30F4O4/c29-22-13-11-20(12-14-22)27-15-25(36-18-27)23(24(27)5-3-1-2-4-6-26(33)34)17-35-16-19-7-9-21(10-8-19)28(30,31)32/h1,3,7-14,23-25H,2,4-6,15-18H2,(H,33,34)/b3-1-/t23-,24-,25-,27-/m0/s1. The molecule has 2 aromatic rings. The molecule has 36 heavy (non-hydrogen) atoms. The summed E-state index contributed by atoms with van der Waals surface area (Å²) in [4.78, 5) is 10.7. The van der Waals surface area contributed by atoms with Crippen LogP contribution in [-0.2, 0) is 32.5 Å². The molecule has 1 aliphatic carbocycles. The molecule has 4 atom stereocenters. The van der Waals surface area contributed by atoms with Gasteiger partial charge in [-0.25, -0.2) is 4.39 Å². The van der Waals surface area contributed by atoms with Crippen molar-refractivity contribution in [1.29, 1.82) is 0 Å². The summed E-state index contributed by atoms with van der Waals surface area (Å²) in [6.45, 7) is 1.13. The molecule has 0 amide bonds. The molecule has 1 heterocycles. The number of fused-ring (bicyclic) bond motifs is 2. The van der Waals surface area contributed by atoms with Crippen LogP contribution in [0.5, 0.6) is 0 Å². The Hall–Kier alpha value is -2.71. The zero-order chi connectivity index (χ0) is 25.8. The van der Waals surface area contributed by atoms with Gasteiger partial charge in [0.15, 0.2) is 0 Å². The Labute approximate surface area is 207 Å². The van der Waals surface area contributed by atoms with Crippen molar-refractivity contribution in [3.05, 3.63) is 83.2 Å². The number of ether oxygens (including phenoxy) is 2. The summed E-state index contributed by atoms with van der Waals surface area (Å²) in [5.41, 5.74) is 0.729. The minimum atomic E-state index is -4.37. The molecule has 1 N–H and O–H groups in total. The fourth-order valence-electron chi connectivity index (χ4n) is 5.59. The number of rotatable bonds is 11. The lowest BCUT2D eigenvalue weighted by Crippen LogP contribution is -2.41. The molecule has 2 fully saturated rings. The normalized spacial score (nSPS) is 25.6. The van der Waals surface area contributed by atoms with Crippen molar-refractivity contribution in [3.63, 3.8) is 0 Å². The largest absolute Gasteiger partial charge is 0.481 e. The first-order valence-electron chi connectivity index (χ1n) is 12.2. The summed E-state index contributed by atoms with van der Waals surface area (Å²) < 4.78 is 64.1. The van der Waals surface area contributed by atoms with Crippen LogP contribution in [-0.4, -0.2) is 30.4 Å². The quantitative estimate of drug-likeness (QED) is 0.214. The van der Waals surface area contributed by atoms with E-state index in [-0.39, 0.29) is 42.2 Å². The third kappa shape index (κ3) is 5.98. The molecule has 1 saturated heterocycles. The predicted molar refractivity (Wildman–Crippen MR) is 126 cm³/mol. The molecule has 0 aromatic heterocycles. The van der Waals surface area contributed by atoms with Crippen LogP contribution in [0.1, 0.15) is 48.8 Å². The van der Waals surface area contributed by atoms with Crippen LogP contribution in [0.25, 0.3) is 0 Å². The molecule has 4 rings (SSSR count). The number of hydrogen-bond acceptors (Lipinski definition) is 3. The number of benzene rings is 2. The van der Waals surface area contributed by atoms with Crippen LogP contribution in [0.15, 0.2) is 60.7 Å². The van der Waals surface area contributed by atoms with E-state index >= 15 is 0 Å². The number of carboxylic acids is 1. The third-order valence-corrected chi connectivity index (χ3v) is 7.42. The van der Waals surface area contributed by atoms with Gasteiger partial charge in [0, 0.05) is 17.8 Å². The van der Waals surface area contributed by atoms with Crippen LogP contribution in [0.4, 0.5) is 17.6 Å². The Morgan fingerprint density at radius 1 is 1.11 bits per heavy atom. The smallest absolute Gasteiger partial charge is 0.416 e. The van der Waals surface area contributed by atoms with Crippen LogP contribution in [0.2, 0.25) is 0 Å². The van der Waals surface area contributed by atoms with Crippen LogP contribution in [0.3, 0.4) is 0 Å². The lowest BCUT2D eigenvalue weighted by Gasteiger charge is -2.39. The van der Waals surface area contributed by atoms with Gasteiger partial charge in [-0.1, -0.05) is 36.4 Å². The average Bonchev–Trinajstić information content (AvgIpc) is 3.40. The second-order valence-corrected chi connectivity index (χ2v) is 9.69. The molecule has 4 nitrogen and oxygen atoms in total. The summed E-state index contributed by atoms with van der Waals surface area (Å²) in [5.74, 6) is -0.865. The Kier molecular flexibility index (Phi) is 8.15. The van der Waals surface area contributed by atoms with Crippen molar-refractivity contribution in [1.82, 2.24) is 0 Å². The highest BCUT2D eigenvalue weighted by Gasteiger charge is 2.59. The van der Waals surface area contributed by atoms with E-state index in [0.29, 0.717) is 31.6 Å². The van der Waals surface area contributed by atoms with Gasteiger partial charge in [-0.15, -0.1) is 0 Å². The summed E-state index contributed by atoms with van der Waals surface area (Å²) in [6, 6.07) is 11.5. The number of allylic oxidation sites excluding steroid dienone is 2. The molecule has 0 spiro atoms. The molecule has 0 radical (unpaired) electrons. The van der Waals surface area contributed by atoms with Gasteiger partial charge in [-0.2, -0.15) is 13.2 Å². The molecule has 2 aliphatic rings. The van der Waals surface area contributed by atoms with E-state index in [0.717, 1.165) is 30.5 Å². The first kappa shape index (κ1) is 26.4. The van der Waals surface area contributed by atoms with Crippen molar-refractivity contribution in [2.75, 3.05) is 13.2 Å². The lowest BCUT2D eigenvalue weighted by molar-refractivity contribution is -0.138. The van der Waals surface area contributed by atoms with Gasteiger partial charge in [0.1, 0.15) is 5.82 Å². The molecule has 2 aromatic carbocycles. The average molecular weight is 507 g/mol. The summed E-state index contributed by atoms with van der Waals surface area (Å²) in [6.07, 6.45) is 2.63. The van der Waals surface area contributed by atoms with E-state index in [1.807, 2.05) is 18.2 Å². The number of carboxylic acid groups (broad SMARTS) is 1. The number of alkyl halides is 3. The SMILES string of the molecule is O=C(O)CCC/C=C\C[C@H]1[C@H](COCc2ccc(C(F)(F)F)cc2)[C@@H]2C[C@@]1(c1ccc(F)cc1)CO2. The molecular formula is C28H30F4O4. The molecule has 0 unspecified atom stereocenters. The highest BCUT2D eigenvalue weighted by molar-refractivity contribution is 5.66. The fourth-order valence-corrected chi connectivity index (χ4v) is 5.59. The highest BCUT2D eigenvalue weighted by atomic mass is 19.4. The van der Waals surface area contributed by atoms with Gasteiger partial charge in [0.25, 0.3) is 0 Å². The maximum absolute atomic E-state index is 13.6. The number of unbranched alkanes of at least 4 members (excludes halogenated alkanes) is 1. The Bertz CT molecular complexity index is 1050. The zero-order valence-electron chi connectivity index (χ0n) is 19.8. The van der Waals surface area contributed by atoms with E-state index in [2.05, 4.69) is 6.08 Å². The van der Waals surface area contributed by atoms with Crippen LogP contribution < -0.4 is 0 Å². The van der Waals surface area contributed by atoms with Crippen LogP contribution in [0, 0.1) is 17.7 Å². The topological polar surface area (TPSA) is 55.8 Å². The van der Waals surface area contributed by atoms with Gasteiger partial charge in [-0.05, 0) is 67.0 Å². The minimum absolute atomic E-state index is 0.0203. The Balaban J connectivity index is 1.44. The van der Waals surface area contributed by atoms with Gasteiger partial charge < -0.3 is 14.6 Å². The van der Waals surface area contributed by atoms with E-state index in [1.165, 1.54) is 24.3 Å². The van der Waals surface area contributed by atoms with Crippen LogP contribution >= 0.6 is 0 Å². The molecule has 2 bridgehead atoms. The Morgan fingerprint density at radius 2 is 1.83 bits per heavy atom. The number of carbonyl (C=O) groups is 1. The van der Waals surface area contributed by atoms with E-state index in [9.17, 15) is 22.4 Å². The second kappa shape index (κ2) is 11.1. The zero-order valence-corrected chi connectivity index (χ0v) is 19.8. The van der Waals surface area contributed by atoms with E-state index in [1.54, 1.807) is 0 Å². The van der Waals surface area contributed by atoms with E-state index < -0.39 is 17.7 Å². The van der Waals surface area contributed by atoms with Gasteiger partial charge in [0.2, 0.25) is 0 Å². The first-order chi connectivity index (χ1) is 17.2. The molecular weight excluding hydrogens is 476 g/mol. The van der Waals surface area contributed by atoms with Crippen molar-refractivity contribution >= 4 is 5.97 Å². The predicted octanol–water partition coefficient (Wildman–Crippen LogP) is 6.54. The molecule has 8 heteroatoms. The van der Waals surface area contributed by atoms with Gasteiger partial charge in [-0.3, -0.25) is 4.79 Å². The van der Waals surface area contributed by atoms with Gasteiger partial charge in [0.05, 0.1) is 31.5 Å². The minimum Gasteiger partial charge on any atom is -0.481 e. The third-order valence-electron chi connectivity index (χ3n) is 7.42. The first-order valence-corrected chi connectivity index (χ1v) is 12.2. The monoisotopic (exact) mass is 506 g/mol. The summed E-state index contributed by atoms with van der Waals surface area (Å²) >= 11 is 0. The van der Waals surface area contributed by atoms with Crippen molar-refractivity contribution in [2.45, 2.75) is 56.4 Å². The second-order valence-electron chi connectivity index (χ2n) is 9.69. The summed E-state index contributed by atoms with van der Waals surface area (Å²) in [7, 11) is 0. The fraction of sp³-hybridized carbons (Fsp3) is 0.464. The maximum atomic E-state index is 13.6. The van der Waals surface area contributed by atoms with E-state index in [4.69, 9.17) is 14.6 Å². The number of aliphatic carboxylic acids is 1. The van der Waals surface area contributed by atoms with Crippen molar-refractivity contribution in [2.24, 2.45) is 11.8 Å². The van der Waals surface area contributed by atoms with Crippen molar-refractivity contribution in [3.8, 4) is 0 Å². The Morgan fingerprint density at radius 3 is 2.50 bits per heavy atom. The lowest BCUT2D eigenvalue weighted by atomic mass is 9.69. The number of halogens is 4. The van der Waals surface area contributed by atoms with Gasteiger partial charge >= 0.3 is 12.1 Å². The number of hydrogen-bond donors (Lipinski definition) is 1. The molecule has 1 aliphatic heterocycles. The molecule has 194 valence electrons. The summed E-state index contributed by atoms with van der Waals surface area (Å²) in [5, 5.41) is 8.81. The highest BCUT2D eigenvalue weighted by Crippen LogP contribution is 2.56. The van der Waals surface area contributed by atoms with Crippen molar-refractivity contribution < 1.29 is 36.9 Å². The maximum Gasteiger partial charge on any atom is 0.416 e. The molecule has 1 saturated carbocycles.